The second kappa shape index (κ2) is 8.02. The van der Waals surface area contributed by atoms with Gasteiger partial charge in [0, 0.05) is 24.5 Å². The second-order valence-electron chi connectivity index (χ2n) is 5.88. The van der Waals surface area contributed by atoms with Crippen molar-refractivity contribution >= 4 is 17.4 Å². The first-order valence-corrected chi connectivity index (χ1v) is 8.20. The molecular formula is C21H21N3O. The molecule has 3 aromatic rings. The van der Waals surface area contributed by atoms with Crippen LogP contribution in [-0.2, 0) is 13.1 Å². The number of carbonyl (C=O) groups excluding carboxylic acids is 1. The summed E-state index contributed by atoms with van der Waals surface area (Å²) in [6.45, 7) is 1.08. The molecule has 3 N–H and O–H groups in total. The van der Waals surface area contributed by atoms with E-state index in [9.17, 15) is 4.79 Å². The topological polar surface area (TPSA) is 58.4 Å². The molecule has 0 saturated heterocycles. The third-order valence-electron chi connectivity index (χ3n) is 3.88. The minimum absolute atomic E-state index is 0.141. The van der Waals surface area contributed by atoms with Gasteiger partial charge < -0.3 is 16.0 Å². The van der Waals surface area contributed by atoms with Gasteiger partial charge >= 0.3 is 6.03 Å². The fourth-order valence-corrected chi connectivity index (χ4v) is 2.58. The molecule has 0 aliphatic rings. The minimum Gasteiger partial charge on any atom is -0.399 e. The standard InChI is InChI=1S/C21H21N3O/c22-19-11-13-20(14-12-19)23-21(25)24(15-17-7-3-1-4-8-17)16-18-9-5-2-6-10-18/h1-14H,15-16,22H2,(H,23,25). The van der Waals surface area contributed by atoms with E-state index in [-0.39, 0.29) is 6.03 Å². The number of nitrogen functional groups attached to an aromatic ring is 1. The molecule has 0 fully saturated rings. The van der Waals surface area contributed by atoms with Gasteiger partial charge in [-0.2, -0.15) is 0 Å². The summed E-state index contributed by atoms with van der Waals surface area (Å²) in [4.78, 5) is 14.6. The maximum atomic E-state index is 12.8. The van der Waals surface area contributed by atoms with Crippen molar-refractivity contribution in [1.29, 1.82) is 0 Å². The van der Waals surface area contributed by atoms with E-state index >= 15 is 0 Å². The van der Waals surface area contributed by atoms with Crippen LogP contribution in [0.3, 0.4) is 0 Å². The molecule has 0 radical (unpaired) electrons. The molecule has 2 amide bonds. The van der Waals surface area contributed by atoms with E-state index in [1.807, 2.05) is 60.7 Å². The summed E-state index contributed by atoms with van der Waals surface area (Å²) in [5.74, 6) is 0. The summed E-state index contributed by atoms with van der Waals surface area (Å²) in [6.07, 6.45) is 0. The Bertz CT molecular complexity index is 760. The quantitative estimate of drug-likeness (QED) is 0.676. The molecule has 0 aliphatic carbocycles. The van der Waals surface area contributed by atoms with Crippen LogP contribution in [0.2, 0.25) is 0 Å². The number of hydrogen-bond acceptors (Lipinski definition) is 2. The number of benzene rings is 3. The molecule has 4 nitrogen and oxygen atoms in total. The highest BCUT2D eigenvalue weighted by atomic mass is 16.2. The molecule has 0 saturated carbocycles. The van der Waals surface area contributed by atoms with Gasteiger partial charge in [-0.15, -0.1) is 0 Å². The van der Waals surface area contributed by atoms with Gasteiger partial charge in [0.15, 0.2) is 0 Å². The van der Waals surface area contributed by atoms with Crippen molar-refractivity contribution in [3.8, 4) is 0 Å². The lowest BCUT2D eigenvalue weighted by atomic mass is 10.2. The van der Waals surface area contributed by atoms with Crippen LogP contribution in [0, 0.1) is 0 Å². The van der Waals surface area contributed by atoms with Crippen molar-refractivity contribution in [2.24, 2.45) is 0 Å². The zero-order chi connectivity index (χ0) is 17.5. The molecule has 126 valence electrons. The molecular weight excluding hydrogens is 310 g/mol. The van der Waals surface area contributed by atoms with Gasteiger partial charge in [0.05, 0.1) is 0 Å². The Kier molecular flexibility index (Phi) is 5.32. The number of rotatable bonds is 5. The number of urea groups is 1. The third kappa shape index (κ3) is 4.85. The van der Waals surface area contributed by atoms with Crippen LogP contribution < -0.4 is 11.1 Å². The lowest BCUT2D eigenvalue weighted by Gasteiger charge is -2.23. The van der Waals surface area contributed by atoms with Crippen LogP contribution in [0.1, 0.15) is 11.1 Å². The normalized spacial score (nSPS) is 10.2. The highest BCUT2D eigenvalue weighted by Crippen LogP contribution is 2.15. The maximum Gasteiger partial charge on any atom is 0.322 e. The summed E-state index contributed by atoms with van der Waals surface area (Å²) in [5.41, 5.74) is 9.27. The van der Waals surface area contributed by atoms with E-state index in [0.717, 1.165) is 16.8 Å². The molecule has 0 unspecified atom stereocenters. The second-order valence-corrected chi connectivity index (χ2v) is 5.88. The van der Waals surface area contributed by atoms with Crippen molar-refractivity contribution in [2.75, 3.05) is 11.1 Å². The summed E-state index contributed by atoms with van der Waals surface area (Å²) in [6, 6.07) is 27.0. The first-order valence-electron chi connectivity index (χ1n) is 8.20. The van der Waals surface area contributed by atoms with E-state index < -0.39 is 0 Å². The van der Waals surface area contributed by atoms with E-state index in [1.165, 1.54) is 0 Å². The predicted molar refractivity (Wildman–Crippen MR) is 102 cm³/mol. The number of anilines is 2. The van der Waals surface area contributed by atoms with Crippen LogP contribution in [0.15, 0.2) is 84.9 Å². The molecule has 4 heteroatoms. The van der Waals surface area contributed by atoms with Crippen molar-refractivity contribution < 1.29 is 4.79 Å². The number of hydrogen-bond donors (Lipinski definition) is 2. The van der Waals surface area contributed by atoms with E-state index in [2.05, 4.69) is 5.32 Å². The van der Waals surface area contributed by atoms with Crippen LogP contribution in [0.4, 0.5) is 16.2 Å². The molecule has 0 atom stereocenters. The fourth-order valence-electron chi connectivity index (χ4n) is 2.58. The molecule has 0 heterocycles. The SMILES string of the molecule is Nc1ccc(NC(=O)N(Cc2ccccc2)Cc2ccccc2)cc1. The average molecular weight is 331 g/mol. The molecule has 0 bridgehead atoms. The predicted octanol–water partition coefficient (Wildman–Crippen LogP) is 4.50. The van der Waals surface area contributed by atoms with Gasteiger partial charge in [0.2, 0.25) is 0 Å². The van der Waals surface area contributed by atoms with E-state index in [1.54, 1.807) is 29.2 Å². The number of amides is 2. The third-order valence-corrected chi connectivity index (χ3v) is 3.88. The summed E-state index contributed by atoms with van der Waals surface area (Å²) in [7, 11) is 0. The molecule has 3 aromatic carbocycles. The van der Waals surface area contributed by atoms with Crippen LogP contribution >= 0.6 is 0 Å². The van der Waals surface area contributed by atoms with E-state index in [0.29, 0.717) is 18.8 Å². The van der Waals surface area contributed by atoms with Gasteiger partial charge in [0.25, 0.3) is 0 Å². The number of carbonyl (C=O) groups is 1. The first-order chi connectivity index (χ1) is 12.2. The smallest absolute Gasteiger partial charge is 0.322 e. The first kappa shape index (κ1) is 16.6. The van der Waals surface area contributed by atoms with Gasteiger partial charge in [0.1, 0.15) is 0 Å². The van der Waals surface area contributed by atoms with Crippen molar-refractivity contribution in [3.63, 3.8) is 0 Å². The Morgan fingerprint density at radius 2 is 1.24 bits per heavy atom. The highest BCUT2D eigenvalue weighted by Gasteiger charge is 2.15. The number of nitrogens with one attached hydrogen (secondary N) is 1. The highest BCUT2D eigenvalue weighted by molar-refractivity contribution is 5.89. The van der Waals surface area contributed by atoms with Crippen molar-refractivity contribution in [1.82, 2.24) is 4.90 Å². The molecule has 0 spiro atoms. The minimum atomic E-state index is -0.141. The molecule has 25 heavy (non-hydrogen) atoms. The number of nitrogens with two attached hydrogens (primary N) is 1. The molecule has 3 rings (SSSR count). The summed E-state index contributed by atoms with van der Waals surface area (Å²) in [5, 5.41) is 2.94. The Morgan fingerprint density at radius 3 is 1.72 bits per heavy atom. The Labute approximate surface area is 147 Å². The Hall–Kier alpha value is -3.27. The zero-order valence-corrected chi connectivity index (χ0v) is 13.9. The van der Waals surface area contributed by atoms with Gasteiger partial charge in [-0.05, 0) is 35.4 Å². The average Bonchev–Trinajstić information content (AvgIpc) is 2.65. The fraction of sp³-hybridized carbons (Fsp3) is 0.0952. The Morgan fingerprint density at radius 1 is 0.760 bits per heavy atom. The zero-order valence-electron chi connectivity index (χ0n) is 13.9. The van der Waals surface area contributed by atoms with Gasteiger partial charge in [-0.25, -0.2) is 4.79 Å². The number of nitrogens with zero attached hydrogens (tertiary/aromatic N) is 1. The summed E-state index contributed by atoms with van der Waals surface area (Å²) >= 11 is 0. The lowest BCUT2D eigenvalue weighted by molar-refractivity contribution is 0.206. The van der Waals surface area contributed by atoms with Gasteiger partial charge in [-0.3, -0.25) is 0 Å². The molecule has 0 aromatic heterocycles. The van der Waals surface area contributed by atoms with Crippen molar-refractivity contribution in [2.45, 2.75) is 13.1 Å². The monoisotopic (exact) mass is 331 g/mol. The molecule has 0 aliphatic heterocycles. The van der Waals surface area contributed by atoms with Crippen LogP contribution in [0.25, 0.3) is 0 Å². The maximum absolute atomic E-state index is 12.8. The lowest BCUT2D eigenvalue weighted by Crippen LogP contribution is -2.34. The van der Waals surface area contributed by atoms with Crippen LogP contribution in [0.5, 0.6) is 0 Å². The largest absolute Gasteiger partial charge is 0.399 e. The van der Waals surface area contributed by atoms with E-state index in [4.69, 9.17) is 5.73 Å². The van der Waals surface area contributed by atoms with Crippen molar-refractivity contribution in [3.05, 3.63) is 96.1 Å². The van der Waals surface area contributed by atoms with Gasteiger partial charge in [-0.1, -0.05) is 60.7 Å². The Balaban J connectivity index is 1.76. The summed E-state index contributed by atoms with van der Waals surface area (Å²) < 4.78 is 0. The van der Waals surface area contributed by atoms with Crippen LogP contribution in [-0.4, -0.2) is 10.9 Å².